The van der Waals surface area contributed by atoms with E-state index in [0.717, 1.165) is 54.5 Å². The summed E-state index contributed by atoms with van der Waals surface area (Å²) in [7, 11) is 1.63. The highest BCUT2D eigenvalue weighted by atomic mass is 35.5. The van der Waals surface area contributed by atoms with E-state index >= 15 is 0 Å². The van der Waals surface area contributed by atoms with Crippen LogP contribution in [0.25, 0.3) is 21.7 Å². The van der Waals surface area contributed by atoms with Crippen LogP contribution in [-0.4, -0.2) is 56.4 Å². The highest BCUT2D eigenvalue weighted by Gasteiger charge is 2.15. The van der Waals surface area contributed by atoms with E-state index in [2.05, 4.69) is 21.3 Å². The Morgan fingerprint density at radius 2 is 1.76 bits per heavy atom. The van der Waals surface area contributed by atoms with Gasteiger partial charge in [-0.2, -0.15) is 5.26 Å². The molecule has 0 unspecified atom stereocenters. The Morgan fingerprint density at radius 1 is 0.976 bits per heavy atom. The van der Waals surface area contributed by atoms with Crippen LogP contribution < -0.4 is 19.5 Å². The number of nitrogens with one attached hydrogen (secondary N) is 1. The first-order chi connectivity index (χ1) is 20.6. The Hall–Kier alpha value is -4.55. The summed E-state index contributed by atoms with van der Waals surface area (Å²) >= 11 is 6.57. The number of nitrogens with zero attached hydrogens (tertiary/aromatic N) is 3. The van der Waals surface area contributed by atoms with Crippen molar-refractivity contribution in [2.75, 3.05) is 51.9 Å². The van der Waals surface area contributed by atoms with Gasteiger partial charge in [0.05, 0.1) is 42.1 Å². The molecule has 1 N–H and O–H groups in total. The Labute approximate surface area is 249 Å². The van der Waals surface area contributed by atoms with Crippen molar-refractivity contribution >= 4 is 44.7 Å². The van der Waals surface area contributed by atoms with E-state index in [1.165, 1.54) is 0 Å². The fourth-order valence-corrected chi connectivity index (χ4v) is 5.19. The first-order valence-corrected chi connectivity index (χ1v) is 14.1. The van der Waals surface area contributed by atoms with Gasteiger partial charge in [-0.1, -0.05) is 29.8 Å². The second-order valence-electron chi connectivity index (χ2n) is 9.87. The van der Waals surface area contributed by atoms with Crippen molar-refractivity contribution < 1.29 is 18.9 Å². The van der Waals surface area contributed by atoms with Gasteiger partial charge in [-0.3, -0.25) is 9.88 Å². The molecule has 1 aliphatic rings. The van der Waals surface area contributed by atoms with E-state index < -0.39 is 0 Å². The number of hydrogen-bond acceptors (Lipinski definition) is 8. The van der Waals surface area contributed by atoms with Crippen LogP contribution >= 0.6 is 11.6 Å². The standard InChI is InChI=1S/C33H29ClN4O4/c1-39-31-17-22-15-27-29(16-23(22)18-32(31)41-14-11-38-9-12-40-13-10-38)36-21-24(20-35)33(27)37-25-7-8-30(28(34)19-25)42-26-5-3-2-4-6-26/h2-8,15-19,21H,9-14H2,1H3,(H,36,37). The maximum atomic E-state index is 9.90. The number of fused-ring (bicyclic) bond motifs is 2. The highest BCUT2D eigenvalue weighted by molar-refractivity contribution is 6.32. The Kier molecular flexibility index (Phi) is 8.24. The molecule has 212 valence electrons. The molecule has 1 fully saturated rings. The molecule has 2 heterocycles. The minimum atomic E-state index is 0.414. The van der Waals surface area contributed by atoms with Crippen LogP contribution in [0.5, 0.6) is 23.0 Å². The summed E-state index contributed by atoms with van der Waals surface area (Å²) in [5.74, 6) is 2.55. The van der Waals surface area contributed by atoms with Gasteiger partial charge in [0.25, 0.3) is 0 Å². The van der Waals surface area contributed by atoms with Gasteiger partial charge < -0.3 is 24.3 Å². The van der Waals surface area contributed by atoms with Crippen molar-refractivity contribution in [2.24, 2.45) is 0 Å². The normalized spacial score (nSPS) is 13.5. The molecular weight excluding hydrogens is 552 g/mol. The van der Waals surface area contributed by atoms with Crippen molar-refractivity contribution in [3.05, 3.63) is 89.6 Å². The number of morpholine rings is 1. The smallest absolute Gasteiger partial charge is 0.161 e. The van der Waals surface area contributed by atoms with Crippen LogP contribution in [-0.2, 0) is 4.74 Å². The zero-order valence-electron chi connectivity index (χ0n) is 23.1. The maximum absolute atomic E-state index is 9.90. The largest absolute Gasteiger partial charge is 0.493 e. The molecule has 42 heavy (non-hydrogen) atoms. The van der Waals surface area contributed by atoms with Crippen molar-refractivity contribution in [3.8, 4) is 29.1 Å². The topological polar surface area (TPSA) is 88.9 Å². The van der Waals surface area contributed by atoms with Crippen LogP contribution in [0.2, 0.25) is 5.02 Å². The molecule has 1 aromatic heterocycles. The predicted molar refractivity (Wildman–Crippen MR) is 165 cm³/mol. The summed E-state index contributed by atoms with van der Waals surface area (Å²) in [6.45, 7) is 4.70. The second-order valence-corrected chi connectivity index (χ2v) is 10.3. The zero-order valence-corrected chi connectivity index (χ0v) is 23.9. The Morgan fingerprint density at radius 3 is 2.52 bits per heavy atom. The number of anilines is 2. The third kappa shape index (κ3) is 6.04. The second kappa shape index (κ2) is 12.5. The van der Waals surface area contributed by atoms with E-state index in [-0.39, 0.29) is 0 Å². The van der Waals surface area contributed by atoms with Gasteiger partial charge in [0.15, 0.2) is 11.5 Å². The number of ether oxygens (including phenoxy) is 4. The molecule has 8 nitrogen and oxygen atoms in total. The Balaban J connectivity index is 1.29. The molecule has 1 saturated heterocycles. The minimum absolute atomic E-state index is 0.414. The lowest BCUT2D eigenvalue weighted by molar-refractivity contribution is 0.0321. The first-order valence-electron chi connectivity index (χ1n) is 13.7. The fraction of sp³-hybridized carbons (Fsp3) is 0.212. The molecule has 0 aliphatic carbocycles. The van der Waals surface area contributed by atoms with Crippen LogP contribution in [0, 0.1) is 11.3 Å². The van der Waals surface area contributed by atoms with Gasteiger partial charge in [0.1, 0.15) is 24.2 Å². The third-order valence-corrected chi connectivity index (χ3v) is 7.47. The molecular formula is C33H29ClN4O4. The van der Waals surface area contributed by atoms with Crippen molar-refractivity contribution in [1.82, 2.24) is 9.88 Å². The summed E-state index contributed by atoms with van der Waals surface area (Å²) < 4.78 is 23.2. The number of methoxy groups -OCH3 is 1. The number of nitriles is 1. The summed E-state index contributed by atoms with van der Waals surface area (Å²) in [6.07, 6.45) is 1.58. The summed E-state index contributed by atoms with van der Waals surface area (Å²) in [5, 5.41) is 16.4. The van der Waals surface area contributed by atoms with Gasteiger partial charge in [-0.25, -0.2) is 0 Å². The summed E-state index contributed by atoms with van der Waals surface area (Å²) in [6, 6.07) is 25.1. The van der Waals surface area contributed by atoms with Crippen LogP contribution in [0.15, 0.2) is 79.0 Å². The number of para-hydroxylation sites is 1. The number of rotatable bonds is 9. The molecule has 0 spiro atoms. The average molecular weight is 581 g/mol. The van der Waals surface area contributed by atoms with Gasteiger partial charge >= 0.3 is 0 Å². The average Bonchev–Trinajstić information content (AvgIpc) is 3.02. The number of pyridine rings is 1. The quantitative estimate of drug-likeness (QED) is 0.184. The van der Waals surface area contributed by atoms with Crippen LogP contribution in [0.4, 0.5) is 11.4 Å². The number of aromatic nitrogens is 1. The molecule has 0 saturated carbocycles. The van der Waals surface area contributed by atoms with Crippen molar-refractivity contribution in [2.45, 2.75) is 0 Å². The molecule has 1 aliphatic heterocycles. The lowest BCUT2D eigenvalue weighted by Crippen LogP contribution is -2.38. The maximum Gasteiger partial charge on any atom is 0.161 e. The molecule has 9 heteroatoms. The molecule has 0 bridgehead atoms. The summed E-state index contributed by atoms with van der Waals surface area (Å²) in [5.41, 5.74) is 2.51. The minimum Gasteiger partial charge on any atom is -0.493 e. The fourth-order valence-electron chi connectivity index (χ4n) is 4.97. The van der Waals surface area contributed by atoms with Gasteiger partial charge in [0.2, 0.25) is 0 Å². The van der Waals surface area contributed by atoms with Gasteiger partial charge in [0, 0.05) is 36.9 Å². The van der Waals surface area contributed by atoms with E-state index in [4.69, 9.17) is 30.5 Å². The van der Waals surface area contributed by atoms with Gasteiger partial charge in [-0.15, -0.1) is 0 Å². The summed E-state index contributed by atoms with van der Waals surface area (Å²) in [4.78, 5) is 6.91. The monoisotopic (exact) mass is 580 g/mol. The van der Waals surface area contributed by atoms with E-state index in [1.807, 2.05) is 60.7 Å². The molecule has 0 radical (unpaired) electrons. The lowest BCUT2D eigenvalue weighted by Gasteiger charge is -2.26. The van der Waals surface area contributed by atoms with Crippen LogP contribution in [0.3, 0.4) is 0 Å². The van der Waals surface area contributed by atoms with Gasteiger partial charge in [-0.05, 0) is 65.4 Å². The molecule has 4 aromatic carbocycles. The molecule has 6 rings (SSSR count). The molecule has 0 amide bonds. The van der Waals surface area contributed by atoms with E-state index in [0.29, 0.717) is 51.6 Å². The van der Waals surface area contributed by atoms with E-state index in [9.17, 15) is 5.26 Å². The van der Waals surface area contributed by atoms with Crippen molar-refractivity contribution in [3.63, 3.8) is 0 Å². The highest BCUT2D eigenvalue weighted by Crippen LogP contribution is 2.38. The number of benzene rings is 4. The van der Waals surface area contributed by atoms with Crippen LogP contribution in [0.1, 0.15) is 5.56 Å². The number of hydrogen-bond donors (Lipinski definition) is 1. The SMILES string of the molecule is COc1cc2cc3c(Nc4ccc(Oc5ccccc5)c(Cl)c4)c(C#N)cnc3cc2cc1OCCN1CCOCC1. The molecule has 5 aromatic rings. The number of halogens is 1. The molecule has 0 atom stereocenters. The van der Waals surface area contributed by atoms with Crippen molar-refractivity contribution in [1.29, 1.82) is 5.26 Å². The predicted octanol–water partition coefficient (Wildman–Crippen LogP) is 7.17. The zero-order chi connectivity index (χ0) is 28.9. The van der Waals surface area contributed by atoms with E-state index in [1.54, 1.807) is 25.4 Å². The lowest BCUT2D eigenvalue weighted by atomic mass is 10.0. The Bertz CT molecular complexity index is 1770. The third-order valence-electron chi connectivity index (χ3n) is 7.17. The first kappa shape index (κ1) is 27.6.